The molecule has 1 atom stereocenters. The molecule has 0 aliphatic heterocycles. The summed E-state index contributed by atoms with van der Waals surface area (Å²) in [5.41, 5.74) is 0.633. The van der Waals surface area contributed by atoms with Crippen molar-refractivity contribution in [3.63, 3.8) is 0 Å². The van der Waals surface area contributed by atoms with Crippen molar-refractivity contribution in [3.05, 3.63) is 35.9 Å². The first-order valence-corrected chi connectivity index (χ1v) is 6.76. The Balaban J connectivity index is 2.21. The highest BCUT2D eigenvalue weighted by atomic mass is 16.2. The topological polar surface area (TPSA) is 58.2 Å². The van der Waals surface area contributed by atoms with Crippen LogP contribution in [0.4, 0.5) is 0 Å². The molecule has 1 rings (SSSR count). The second kappa shape index (κ2) is 8.29. The van der Waals surface area contributed by atoms with Crippen molar-refractivity contribution < 1.29 is 9.59 Å². The van der Waals surface area contributed by atoms with E-state index in [0.717, 1.165) is 12.8 Å². The maximum Gasteiger partial charge on any atom is 0.251 e. The summed E-state index contributed by atoms with van der Waals surface area (Å²) >= 11 is 0. The average Bonchev–Trinajstić information content (AvgIpc) is 2.44. The number of hydrogen-bond donors (Lipinski definition) is 2. The Kier molecular flexibility index (Phi) is 6.64. The predicted molar refractivity (Wildman–Crippen MR) is 75.9 cm³/mol. The highest BCUT2D eigenvalue weighted by molar-refractivity contribution is 5.94. The van der Waals surface area contributed by atoms with Crippen LogP contribution in [0.15, 0.2) is 30.3 Å². The van der Waals surface area contributed by atoms with E-state index in [4.69, 9.17) is 0 Å². The SMILES string of the molecule is CCCC(C)C(=O)NCCNC(=O)c1ccccc1. The van der Waals surface area contributed by atoms with Crippen LogP contribution in [0.5, 0.6) is 0 Å². The van der Waals surface area contributed by atoms with E-state index in [1.807, 2.05) is 25.1 Å². The van der Waals surface area contributed by atoms with Crippen LogP contribution in [0.3, 0.4) is 0 Å². The van der Waals surface area contributed by atoms with Crippen LogP contribution in [-0.2, 0) is 4.79 Å². The van der Waals surface area contributed by atoms with E-state index in [0.29, 0.717) is 18.7 Å². The summed E-state index contributed by atoms with van der Waals surface area (Å²) in [6, 6.07) is 9.03. The number of hydrogen-bond acceptors (Lipinski definition) is 2. The smallest absolute Gasteiger partial charge is 0.251 e. The molecule has 1 aromatic carbocycles. The molecule has 2 N–H and O–H groups in total. The van der Waals surface area contributed by atoms with Crippen molar-refractivity contribution >= 4 is 11.8 Å². The zero-order valence-corrected chi connectivity index (χ0v) is 11.6. The molecule has 0 saturated heterocycles. The Labute approximate surface area is 114 Å². The molecular weight excluding hydrogens is 240 g/mol. The third-order valence-electron chi connectivity index (χ3n) is 2.92. The van der Waals surface area contributed by atoms with Gasteiger partial charge in [0, 0.05) is 24.6 Å². The Bertz CT molecular complexity index is 404. The van der Waals surface area contributed by atoms with Crippen LogP contribution in [-0.4, -0.2) is 24.9 Å². The molecule has 0 heterocycles. The number of amides is 2. The first-order chi connectivity index (χ1) is 9.15. The highest BCUT2D eigenvalue weighted by Gasteiger charge is 2.10. The van der Waals surface area contributed by atoms with Gasteiger partial charge < -0.3 is 10.6 Å². The molecule has 0 radical (unpaired) electrons. The summed E-state index contributed by atoms with van der Waals surface area (Å²) in [5.74, 6) is -0.0258. The van der Waals surface area contributed by atoms with Crippen molar-refractivity contribution in [2.75, 3.05) is 13.1 Å². The van der Waals surface area contributed by atoms with Crippen LogP contribution < -0.4 is 10.6 Å². The van der Waals surface area contributed by atoms with Crippen molar-refractivity contribution in [3.8, 4) is 0 Å². The quantitative estimate of drug-likeness (QED) is 0.738. The molecule has 1 aromatic rings. The van der Waals surface area contributed by atoms with Gasteiger partial charge in [0.2, 0.25) is 5.91 Å². The molecule has 2 amide bonds. The Morgan fingerprint density at radius 3 is 2.37 bits per heavy atom. The predicted octanol–water partition coefficient (Wildman–Crippen LogP) is 1.97. The zero-order chi connectivity index (χ0) is 14.1. The Hall–Kier alpha value is -1.84. The lowest BCUT2D eigenvalue weighted by molar-refractivity contribution is -0.124. The van der Waals surface area contributed by atoms with E-state index >= 15 is 0 Å². The second-order valence-corrected chi connectivity index (χ2v) is 4.60. The summed E-state index contributed by atoms with van der Waals surface area (Å²) in [4.78, 5) is 23.3. The zero-order valence-electron chi connectivity index (χ0n) is 11.6. The molecule has 0 bridgehead atoms. The maximum atomic E-state index is 11.7. The van der Waals surface area contributed by atoms with Gasteiger partial charge in [0.15, 0.2) is 0 Å². The molecule has 0 spiro atoms. The van der Waals surface area contributed by atoms with E-state index in [9.17, 15) is 9.59 Å². The van der Waals surface area contributed by atoms with Gasteiger partial charge in [-0.2, -0.15) is 0 Å². The molecule has 0 fully saturated rings. The summed E-state index contributed by atoms with van der Waals surface area (Å²) < 4.78 is 0. The van der Waals surface area contributed by atoms with E-state index in [1.165, 1.54) is 0 Å². The lowest BCUT2D eigenvalue weighted by Gasteiger charge is -2.11. The van der Waals surface area contributed by atoms with Gasteiger partial charge in [-0.25, -0.2) is 0 Å². The van der Waals surface area contributed by atoms with Crippen LogP contribution in [0.2, 0.25) is 0 Å². The molecular formula is C15H22N2O2. The maximum absolute atomic E-state index is 11.7. The van der Waals surface area contributed by atoms with Gasteiger partial charge in [-0.3, -0.25) is 9.59 Å². The van der Waals surface area contributed by atoms with Crippen LogP contribution in [0.1, 0.15) is 37.0 Å². The van der Waals surface area contributed by atoms with Crippen molar-refractivity contribution in [2.45, 2.75) is 26.7 Å². The average molecular weight is 262 g/mol. The van der Waals surface area contributed by atoms with Crippen molar-refractivity contribution in [1.29, 1.82) is 0 Å². The third-order valence-corrected chi connectivity index (χ3v) is 2.92. The summed E-state index contributed by atoms with van der Waals surface area (Å²) in [7, 11) is 0. The molecule has 4 nitrogen and oxygen atoms in total. The minimum Gasteiger partial charge on any atom is -0.354 e. The van der Waals surface area contributed by atoms with E-state index < -0.39 is 0 Å². The molecule has 4 heteroatoms. The van der Waals surface area contributed by atoms with Gasteiger partial charge in [-0.15, -0.1) is 0 Å². The summed E-state index contributed by atoms with van der Waals surface area (Å²) in [6.45, 7) is 4.88. The number of rotatable bonds is 7. The fourth-order valence-electron chi connectivity index (χ4n) is 1.79. The van der Waals surface area contributed by atoms with E-state index in [-0.39, 0.29) is 17.7 Å². The van der Waals surface area contributed by atoms with Gasteiger partial charge in [0.05, 0.1) is 0 Å². The van der Waals surface area contributed by atoms with Gasteiger partial charge >= 0.3 is 0 Å². The third kappa shape index (κ3) is 5.55. The lowest BCUT2D eigenvalue weighted by atomic mass is 10.1. The first kappa shape index (κ1) is 15.2. The van der Waals surface area contributed by atoms with Gasteiger partial charge in [0.25, 0.3) is 5.91 Å². The van der Waals surface area contributed by atoms with Crippen LogP contribution in [0.25, 0.3) is 0 Å². The second-order valence-electron chi connectivity index (χ2n) is 4.60. The molecule has 0 saturated carbocycles. The minimum atomic E-state index is -0.114. The number of nitrogens with one attached hydrogen (secondary N) is 2. The number of carbonyl (C=O) groups is 2. The summed E-state index contributed by atoms with van der Waals surface area (Å²) in [5, 5.41) is 5.59. The van der Waals surface area contributed by atoms with Crippen LogP contribution in [0, 0.1) is 5.92 Å². The van der Waals surface area contributed by atoms with Gasteiger partial charge in [-0.05, 0) is 18.6 Å². The van der Waals surface area contributed by atoms with Crippen molar-refractivity contribution in [2.24, 2.45) is 5.92 Å². The van der Waals surface area contributed by atoms with Crippen LogP contribution >= 0.6 is 0 Å². The number of benzene rings is 1. The van der Waals surface area contributed by atoms with E-state index in [1.54, 1.807) is 12.1 Å². The number of carbonyl (C=O) groups excluding carboxylic acids is 2. The fraction of sp³-hybridized carbons (Fsp3) is 0.467. The standard InChI is InChI=1S/C15H22N2O2/c1-3-7-12(2)14(18)16-10-11-17-15(19)13-8-5-4-6-9-13/h4-6,8-9,12H,3,7,10-11H2,1-2H3,(H,16,18)(H,17,19). The van der Waals surface area contributed by atoms with Gasteiger partial charge in [-0.1, -0.05) is 38.5 Å². The molecule has 104 valence electrons. The Morgan fingerprint density at radius 1 is 1.11 bits per heavy atom. The molecule has 1 unspecified atom stereocenters. The fourth-order valence-corrected chi connectivity index (χ4v) is 1.79. The highest BCUT2D eigenvalue weighted by Crippen LogP contribution is 2.03. The molecule has 0 aliphatic rings. The monoisotopic (exact) mass is 262 g/mol. The normalized spacial score (nSPS) is 11.7. The summed E-state index contributed by atoms with van der Waals surface area (Å²) in [6.07, 6.45) is 1.89. The van der Waals surface area contributed by atoms with Gasteiger partial charge in [0.1, 0.15) is 0 Å². The Morgan fingerprint density at radius 2 is 1.74 bits per heavy atom. The molecule has 0 aliphatic carbocycles. The first-order valence-electron chi connectivity index (χ1n) is 6.76. The molecule has 0 aromatic heterocycles. The van der Waals surface area contributed by atoms with E-state index in [2.05, 4.69) is 17.6 Å². The molecule has 19 heavy (non-hydrogen) atoms. The largest absolute Gasteiger partial charge is 0.354 e. The minimum absolute atomic E-state index is 0.0369. The lowest BCUT2D eigenvalue weighted by Crippen LogP contribution is -2.36. The van der Waals surface area contributed by atoms with Crippen molar-refractivity contribution in [1.82, 2.24) is 10.6 Å².